The number of hydrogen-bond acceptors (Lipinski definition) is 5. The number of quaternary nitrogens is 1. The second kappa shape index (κ2) is 8.11. The number of nitrogens with one attached hydrogen (secondary N) is 2. The molecular weight excluding hydrogens is 392 g/mol. The van der Waals surface area contributed by atoms with Gasteiger partial charge in [-0.05, 0) is 24.3 Å². The van der Waals surface area contributed by atoms with Crippen LogP contribution in [0.15, 0.2) is 41.0 Å². The molecule has 0 aliphatic heterocycles. The van der Waals surface area contributed by atoms with Gasteiger partial charge in [0.25, 0.3) is 12.3 Å². The Morgan fingerprint density at radius 2 is 2.08 bits per heavy atom. The van der Waals surface area contributed by atoms with Gasteiger partial charge < -0.3 is 15.3 Å². The summed E-state index contributed by atoms with van der Waals surface area (Å²) in [4.78, 5) is 16.0. The fraction of sp³-hybridized carbons (Fsp3) is 0.143. The number of aromatic nitrogens is 1. The standard InChI is InChI=1S/C14H12BrF2N3O4/c15-8-1-3-9(4-2-8)19-13(21)11-5-10(20(22)23)6-18-14(11)24-7-12(16)17/h1-6,12,20,22H,7H2,(H,19,21). The number of benzene rings is 1. The van der Waals surface area contributed by atoms with Crippen molar-refractivity contribution in [3.8, 4) is 5.88 Å². The highest BCUT2D eigenvalue weighted by molar-refractivity contribution is 9.10. The number of halogens is 3. The molecule has 0 fully saturated rings. The second-order valence-electron chi connectivity index (χ2n) is 4.54. The number of pyridine rings is 1. The first-order chi connectivity index (χ1) is 11.4. The molecule has 7 nitrogen and oxygen atoms in total. The van der Waals surface area contributed by atoms with Crippen LogP contribution in [0.1, 0.15) is 10.4 Å². The van der Waals surface area contributed by atoms with Crippen LogP contribution in [0.5, 0.6) is 5.88 Å². The van der Waals surface area contributed by atoms with E-state index in [1.165, 1.54) is 0 Å². The van der Waals surface area contributed by atoms with Crippen molar-refractivity contribution in [2.75, 3.05) is 11.9 Å². The number of rotatable bonds is 6. The van der Waals surface area contributed by atoms with Crippen molar-refractivity contribution in [1.82, 2.24) is 4.98 Å². The normalized spacial score (nSPS) is 12.1. The largest absolute Gasteiger partial charge is 0.595 e. The van der Waals surface area contributed by atoms with Crippen molar-refractivity contribution in [1.29, 1.82) is 0 Å². The van der Waals surface area contributed by atoms with Crippen LogP contribution < -0.4 is 15.3 Å². The lowest BCUT2D eigenvalue weighted by atomic mass is 10.2. The smallest absolute Gasteiger partial charge is 0.272 e. The first-order valence-corrected chi connectivity index (χ1v) is 7.37. The van der Waals surface area contributed by atoms with Crippen LogP contribution in [-0.2, 0) is 0 Å². The predicted molar refractivity (Wildman–Crippen MR) is 83.6 cm³/mol. The van der Waals surface area contributed by atoms with Crippen molar-refractivity contribution >= 4 is 33.2 Å². The summed E-state index contributed by atoms with van der Waals surface area (Å²) in [6.07, 6.45) is -1.83. The fourth-order valence-electron chi connectivity index (χ4n) is 1.72. The fourth-order valence-corrected chi connectivity index (χ4v) is 1.98. The minimum absolute atomic E-state index is 0.251. The Morgan fingerprint density at radius 3 is 2.67 bits per heavy atom. The average molecular weight is 404 g/mol. The monoisotopic (exact) mass is 403 g/mol. The minimum atomic E-state index is -2.76. The van der Waals surface area contributed by atoms with Gasteiger partial charge in [-0.25, -0.2) is 19.0 Å². The summed E-state index contributed by atoms with van der Waals surface area (Å²) in [5.41, 5.74) is -0.0810. The zero-order chi connectivity index (χ0) is 17.7. The third-order valence-electron chi connectivity index (χ3n) is 2.79. The summed E-state index contributed by atoms with van der Waals surface area (Å²) >= 11 is 3.25. The molecule has 24 heavy (non-hydrogen) atoms. The van der Waals surface area contributed by atoms with Crippen LogP contribution in [0, 0.1) is 5.21 Å². The highest BCUT2D eigenvalue weighted by atomic mass is 79.9. The number of anilines is 1. The van der Waals surface area contributed by atoms with Crippen molar-refractivity contribution in [2.24, 2.45) is 0 Å². The van der Waals surface area contributed by atoms with Crippen LogP contribution in [-0.4, -0.2) is 29.1 Å². The highest BCUT2D eigenvalue weighted by Gasteiger charge is 2.19. The number of hydrogen-bond donors (Lipinski definition) is 3. The van der Waals surface area contributed by atoms with Gasteiger partial charge in [-0.3, -0.25) is 4.79 Å². The van der Waals surface area contributed by atoms with Crippen molar-refractivity contribution in [3.63, 3.8) is 0 Å². The topological polar surface area (TPSA) is 99.0 Å². The van der Waals surface area contributed by atoms with E-state index < -0.39 is 24.2 Å². The van der Waals surface area contributed by atoms with Gasteiger partial charge in [0, 0.05) is 16.2 Å². The lowest BCUT2D eigenvalue weighted by molar-refractivity contribution is -0.991. The molecule has 0 spiro atoms. The third kappa shape index (κ3) is 4.93. The summed E-state index contributed by atoms with van der Waals surface area (Å²) in [7, 11) is 0. The van der Waals surface area contributed by atoms with Crippen molar-refractivity contribution in [3.05, 3.63) is 51.8 Å². The molecule has 128 valence electrons. The van der Waals surface area contributed by atoms with E-state index in [1.807, 2.05) is 0 Å². The van der Waals surface area contributed by atoms with E-state index in [0.29, 0.717) is 5.69 Å². The molecule has 1 atom stereocenters. The number of carbonyl (C=O) groups excluding carboxylic acids is 1. The molecule has 0 saturated carbocycles. The number of amides is 1. The van der Waals surface area contributed by atoms with Crippen LogP contribution in [0.25, 0.3) is 0 Å². The lowest BCUT2D eigenvalue weighted by Crippen LogP contribution is -2.99. The molecule has 2 rings (SSSR count). The maximum absolute atomic E-state index is 12.3. The molecule has 2 aromatic rings. The molecule has 1 aromatic carbocycles. The summed E-state index contributed by atoms with van der Waals surface area (Å²) in [6.45, 7) is -0.960. The second-order valence-corrected chi connectivity index (χ2v) is 5.46. The molecule has 0 saturated heterocycles. The molecule has 0 aliphatic rings. The van der Waals surface area contributed by atoms with Crippen LogP contribution in [0.4, 0.5) is 20.2 Å². The Morgan fingerprint density at radius 1 is 1.42 bits per heavy atom. The van der Waals surface area contributed by atoms with Crippen molar-refractivity contribution < 1.29 is 28.7 Å². The molecule has 3 N–H and O–H groups in total. The maximum Gasteiger partial charge on any atom is 0.272 e. The highest BCUT2D eigenvalue weighted by Crippen LogP contribution is 2.21. The van der Waals surface area contributed by atoms with Gasteiger partial charge in [0.05, 0.1) is 6.20 Å². The van der Waals surface area contributed by atoms with E-state index in [0.717, 1.165) is 16.7 Å². The minimum Gasteiger partial charge on any atom is -0.595 e. The first-order valence-electron chi connectivity index (χ1n) is 6.58. The van der Waals surface area contributed by atoms with Gasteiger partial charge in [0.15, 0.2) is 12.3 Å². The molecule has 1 unspecified atom stereocenters. The molecular formula is C14H12BrF2N3O4. The van der Waals surface area contributed by atoms with Gasteiger partial charge in [-0.2, -0.15) is 5.23 Å². The third-order valence-corrected chi connectivity index (χ3v) is 3.32. The van der Waals surface area contributed by atoms with Crippen LogP contribution >= 0.6 is 15.9 Å². The lowest BCUT2D eigenvalue weighted by Gasteiger charge is -2.15. The van der Waals surface area contributed by atoms with E-state index >= 15 is 0 Å². The van der Waals surface area contributed by atoms with E-state index in [9.17, 15) is 18.8 Å². The summed E-state index contributed by atoms with van der Waals surface area (Å²) in [5.74, 6) is -1.09. The summed E-state index contributed by atoms with van der Waals surface area (Å²) in [5, 5.41) is 21.2. The van der Waals surface area contributed by atoms with Gasteiger partial charge in [0.2, 0.25) is 5.88 Å². The number of alkyl halides is 2. The number of ether oxygens (including phenoxy) is 1. The average Bonchev–Trinajstić information content (AvgIpc) is 2.54. The zero-order valence-electron chi connectivity index (χ0n) is 12.0. The van der Waals surface area contributed by atoms with Crippen LogP contribution in [0.2, 0.25) is 0 Å². The van der Waals surface area contributed by atoms with Gasteiger partial charge in [-0.15, -0.1) is 0 Å². The summed E-state index contributed by atoms with van der Waals surface area (Å²) < 4.78 is 30.2. The molecule has 0 bridgehead atoms. The molecule has 1 amide bonds. The molecule has 0 radical (unpaired) electrons. The van der Waals surface area contributed by atoms with E-state index in [4.69, 9.17) is 9.94 Å². The quantitative estimate of drug-likeness (QED) is 0.641. The van der Waals surface area contributed by atoms with Gasteiger partial charge in [-0.1, -0.05) is 15.9 Å². The predicted octanol–water partition coefficient (Wildman–Crippen LogP) is 2.14. The number of carbonyl (C=O) groups is 1. The maximum atomic E-state index is 12.3. The SMILES string of the molecule is O=C(Nc1ccc(Br)cc1)c1cc([NH+]([O-])O)cnc1OCC(F)F. The Hall–Kier alpha value is -2.14. The Kier molecular flexibility index (Phi) is 6.15. The zero-order valence-corrected chi connectivity index (χ0v) is 13.6. The molecule has 10 heteroatoms. The van der Waals surface area contributed by atoms with E-state index in [1.54, 1.807) is 24.3 Å². The van der Waals surface area contributed by atoms with Gasteiger partial charge >= 0.3 is 0 Å². The van der Waals surface area contributed by atoms with E-state index in [2.05, 4.69) is 26.2 Å². The molecule has 1 aromatic heterocycles. The first kappa shape index (κ1) is 18.2. The van der Waals surface area contributed by atoms with E-state index in [-0.39, 0.29) is 17.1 Å². The Balaban J connectivity index is 2.27. The van der Waals surface area contributed by atoms with Crippen molar-refractivity contribution in [2.45, 2.75) is 6.43 Å². The molecule has 0 aliphatic carbocycles. The Labute approximate surface area is 143 Å². The van der Waals surface area contributed by atoms with Crippen LogP contribution in [0.3, 0.4) is 0 Å². The van der Waals surface area contributed by atoms with Gasteiger partial charge in [0.1, 0.15) is 5.56 Å². The Bertz CT molecular complexity index is 714. The summed E-state index contributed by atoms with van der Waals surface area (Å²) in [6, 6.07) is 7.61. The molecule has 1 heterocycles. The number of nitrogens with zero attached hydrogens (tertiary/aromatic N) is 1.